The molecule has 0 radical (unpaired) electrons. The summed E-state index contributed by atoms with van der Waals surface area (Å²) in [5.74, 6) is -0.770. The summed E-state index contributed by atoms with van der Waals surface area (Å²) in [6.45, 7) is 1.03. The molecule has 2 aromatic rings. The molecule has 1 fully saturated rings. The van der Waals surface area contributed by atoms with Crippen LogP contribution < -0.4 is 5.32 Å². The van der Waals surface area contributed by atoms with Gasteiger partial charge in [0.05, 0.1) is 17.7 Å². The number of hydrogen-bond acceptors (Lipinski definition) is 4. The second kappa shape index (κ2) is 6.96. The molecule has 1 aliphatic heterocycles. The van der Waals surface area contributed by atoms with Crippen LogP contribution in [0.3, 0.4) is 0 Å². The Morgan fingerprint density at radius 1 is 1.07 bits per heavy atom. The number of imide groups is 1. The van der Waals surface area contributed by atoms with Crippen molar-refractivity contribution in [2.45, 2.75) is 25.4 Å². The van der Waals surface area contributed by atoms with Crippen molar-refractivity contribution < 1.29 is 14.4 Å². The van der Waals surface area contributed by atoms with Crippen LogP contribution in [0.15, 0.2) is 48.5 Å². The molecule has 138 valence electrons. The van der Waals surface area contributed by atoms with Crippen molar-refractivity contribution in [3.05, 3.63) is 65.2 Å². The lowest BCUT2D eigenvalue weighted by molar-refractivity contribution is -0.117. The standard InChI is InChI=1S/C21H21N3O3/c1-23-20(26)17-10-7-15(11-18(17)21(23)27)22-19(25)13-24(16-8-9-16)12-14-5-3-2-4-6-14/h2-7,10-11,16H,8-9,12-13H2,1H3,(H,22,25). The first-order valence-electron chi connectivity index (χ1n) is 9.07. The SMILES string of the molecule is CN1C(=O)c2ccc(NC(=O)CN(Cc3ccccc3)C3CC3)cc2C1=O. The van der Waals surface area contributed by atoms with Crippen LogP contribution in [0.2, 0.25) is 0 Å². The van der Waals surface area contributed by atoms with Crippen molar-refractivity contribution in [3.63, 3.8) is 0 Å². The highest BCUT2D eigenvalue weighted by Crippen LogP contribution is 2.28. The molecule has 0 bridgehead atoms. The Labute approximate surface area is 157 Å². The first-order valence-corrected chi connectivity index (χ1v) is 9.07. The highest BCUT2D eigenvalue weighted by atomic mass is 16.2. The van der Waals surface area contributed by atoms with E-state index in [1.165, 1.54) is 12.6 Å². The molecule has 0 atom stereocenters. The maximum absolute atomic E-state index is 12.5. The van der Waals surface area contributed by atoms with Crippen molar-refractivity contribution in [1.29, 1.82) is 0 Å². The maximum atomic E-state index is 12.5. The molecule has 1 saturated carbocycles. The molecule has 1 heterocycles. The Kier molecular flexibility index (Phi) is 4.49. The van der Waals surface area contributed by atoms with E-state index in [0.29, 0.717) is 29.4 Å². The molecule has 0 aromatic heterocycles. The first-order chi connectivity index (χ1) is 13.0. The summed E-state index contributed by atoms with van der Waals surface area (Å²) in [4.78, 5) is 39.9. The van der Waals surface area contributed by atoms with E-state index in [9.17, 15) is 14.4 Å². The zero-order valence-corrected chi connectivity index (χ0v) is 15.1. The van der Waals surface area contributed by atoms with Crippen LogP contribution in [0.25, 0.3) is 0 Å². The number of carbonyl (C=O) groups is 3. The number of carbonyl (C=O) groups excluding carboxylic acids is 3. The van der Waals surface area contributed by atoms with Crippen LogP contribution in [-0.2, 0) is 11.3 Å². The van der Waals surface area contributed by atoms with E-state index in [1.807, 2.05) is 18.2 Å². The third kappa shape index (κ3) is 3.61. The molecule has 0 unspecified atom stereocenters. The van der Waals surface area contributed by atoms with Gasteiger partial charge in [0.2, 0.25) is 5.91 Å². The summed E-state index contributed by atoms with van der Waals surface area (Å²) in [5.41, 5.74) is 2.43. The number of nitrogens with one attached hydrogen (secondary N) is 1. The minimum Gasteiger partial charge on any atom is -0.325 e. The minimum atomic E-state index is -0.338. The number of fused-ring (bicyclic) bond motifs is 1. The fraction of sp³-hybridized carbons (Fsp3) is 0.286. The molecule has 27 heavy (non-hydrogen) atoms. The summed E-state index contributed by atoms with van der Waals surface area (Å²) in [5, 5.41) is 2.86. The van der Waals surface area contributed by atoms with Crippen LogP contribution in [0, 0.1) is 0 Å². The van der Waals surface area contributed by atoms with Crippen molar-refractivity contribution in [3.8, 4) is 0 Å². The fourth-order valence-corrected chi connectivity index (χ4v) is 3.40. The lowest BCUT2D eigenvalue weighted by atomic mass is 10.1. The Morgan fingerprint density at radius 3 is 2.48 bits per heavy atom. The molecule has 2 aromatic carbocycles. The number of hydrogen-bond donors (Lipinski definition) is 1. The molecule has 0 spiro atoms. The minimum absolute atomic E-state index is 0.122. The summed E-state index contributed by atoms with van der Waals surface area (Å²) in [7, 11) is 1.46. The van der Waals surface area contributed by atoms with Gasteiger partial charge in [-0.3, -0.25) is 24.2 Å². The molecule has 1 aliphatic carbocycles. The molecule has 3 amide bonds. The van der Waals surface area contributed by atoms with Gasteiger partial charge in [-0.25, -0.2) is 0 Å². The average Bonchev–Trinajstić information content (AvgIpc) is 3.49. The smallest absolute Gasteiger partial charge is 0.261 e. The fourth-order valence-electron chi connectivity index (χ4n) is 3.40. The van der Waals surface area contributed by atoms with Crippen molar-refractivity contribution in [2.24, 2.45) is 0 Å². The van der Waals surface area contributed by atoms with Gasteiger partial charge in [-0.1, -0.05) is 30.3 Å². The Morgan fingerprint density at radius 2 is 1.78 bits per heavy atom. The molecule has 0 saturated heterocycles. The second-order valence-electron chi connectivity index (χ2n) is 7.10. The summed E-state index contributed by atoms with van der Waals surface area (Å²) < 4.78 is 0. The lowest BCUT2D eigenvalue weighted by Crippen LogP contribution is -2.34. The van der Waals surface area contributed by atoms with Crippen LogP contribution in [0.1, 0.15) is 39.1 Å². The Balaban J connectivity index is 1.43. The quantitative estimate of drug-likeness (QED) is 0.801. The zero-order chi connectivity index (χ0) is 19.0. The molecule has 1 N–H and O–H groups in total. The van der Waals surface area contributed by atoms with E-state index in [-0.39, 0.29) is 17.7 Å². The molecule has 6 nitrogen and oxygen atoms in total. The van der Waals surface area contributed by atoms with E-state index in [4.69, 9.17) is 0 Å². The van der Waals surface area contributed by atoms with Gasteiger partial charge >= 0.3 is 0 Å². The van der Waals surface area contributed by atoms with Crippen LogP contribution in [0.4, 0.5) is 5.69 Å². The van der Waals surface area contributed by atoms with Gasteiger partial charge in [0.15, 0.2) is 0 Å². The predicted molar refractivity (Wildman–Crippen MR) is 101 cm³/mol. The number of nitrogens with zero attached hydrogens (tertiary/aromatic N) is 2. The molecule has 4 rings (SSSR count). The van der Waals surface area contributed by atoms with Gasteiger partial charge in [-0.15, -0.1) is 0 Å². The summed E-state index contributed by atoms with van der Waals surface area (Å²) in [6, 6.07) is 15.4. The van der Waals surface area contributed by atoms with E-state index >= 15 is 0 Å². The van der Waals surface area contributed by atoms with Crippen molar-refractivity contribution in [1.82, 2.24) is 9.80 Å². The normalized spacial score (nSPS) is 16.0. The number of rotatable bonds is 6. The third-order valence-electron chi connectivity index (χ3n) is 5.01. The van der Waals surface area contributed by atoms with E-state index in [2.05, 4.69) is 22.3 Å². The third-order valence-corrected chi connectivity index (χ3v) is 5.01. The summed E-state index contributed by atoms with van der Waals surface area (Å²) in [6.07, 6.45) is 2.23. The first kappa shape index (κ1) is 17.4. The number of benzene rings is 2. The van der Waals surface area contributed by atoms with Gasteiger partial charge in [0.25, 0.3) is 11.8 Å². The van der Waals surface area contributed by atoms with E-state index in [0.717, 1.165) is 24.3 Å². The van der Waals surface area contributed by atoms with Crippen molar-refractivity contribution >= 4 is 23.4 Å². The van der Waals surface area contributed by atoms with Crippen LogP contribution in [0.5, 0.6) is 0 Å². The number of amides is 3. The average molecular weight is 363 g/mol. The topological polar surface area (TPSA) is 69.7 Å². The monoisotopic (exact) mass is 363 g/mol. The predicted octanol–water partition coefficient (Wildman–Crippen LogP) is 2.52. The van der Waals surface area contributed by atoms with Gasteiger partial charge in [0, 0.05) is 25.3 Å². The maximum Gasteiger partial charge on any atom is 0.261 e. The second-order valence-corrected chi connectivity index (χ2v) is 7.10. The lowest BCUT2D eigenvalue weighted by Gasteiger charge is -2.21. The molecular formula is C21H21N3O3. The van der Waals surface area contributed by atoms with Crippen LogP contribution in [-0.4, -0.2) is 47.2 Å². The van der Waals surface area contributed by atoms with E-state index < -0.39 is 0 Å². The zero-order valence-electron chi connectivity index (χ0n) is 15.1. The van der Waals surface area contributed by atoms with Crippen molar-refractivity contribution in [2.75, 3.05) is 18.9 Å². The van der Waals surface area contributed by atoms with Gasteiger partial charge in [0.1, 0.15) is 0 Å². The summed E-state index contributed by atoms with van der Waals surface area (Å²) >= 11 is 0. The van der Waals surface area contributed by atoms with E-state index in [1.54, 1.807) is 18.2 Å². The number of anilines is 1. The van der Waals surface area contributed by atoms with Gasteiger partial charge < -0.3 is 5.32 Å². The Bertz CT molecular complexity index is 906. The van der Waals surface area contributed by atoms with Gasteiger partial charge in [-0.05, 0) is 36.6 Å². The molecular weight excluding hydrogens is 342 g/mol. The highest BCUT2D eigenvalue weighted by molar-refractivity contribution is 6.21. The Hall–Kier alpha value is -2.99. The van der Waals surface area contributed by atoms with Crippen LogP contribution >= 0.6 is 0 Å². The largest absolute Gasteiger partial charge is 0.325 e. The van der Waals surface area contributed by atoms with Gasteiger partial charge in [-0.2, -0.15) is 0 Å². The molecule has 2 aliphatic rings. The highest BCUT2D eigenvalue weighted by Gasteiger charge is 2.33. The molecule has 6 heteroatoms.